The highest BCUT2D eigenvalue weighted by Crippen LogP contribution is 2.29. The fraction of sp³-hybridized carbons (Fsp3) is 0.474. The molecule has 3 rings (SSSR count). The lowest BCUT2D eigenvalue weighted by atomic mass is 9.78. The highest BCUT2D eigenvalue weighted by Gasteiger charge is 2.26. The third-order valence-corrected chi connectivity index (χ3v) is 5.09. The van der Waals surface area contributed by atoms with E-state index in [1.807, 2.05) is 0 Å². The first-order valence-electron chi connectivity index (χ1n) is 7.95. The van der Waals surface area contributed by atoms with E-state index in [-0.39, 0.29) is 0 Å². The summed E-state index contributed by atoms with van der Waals surface area (Å²) in [6, 6.07) is 16.1. The van der Waals surface area contributed by atoms with Crippen molar-refractivity contribution in [2.45, 2.75) is 45.7 Å². The topological polar surface area (TPSA) is 12.0 Å². The van der Waals surface area contributed by atoms with Crippen LogP contribution in [-0.2, 0) is 6.54 Å². The van der Waals surface area contributed by atoms with Crippen molar-refractivity contribution in [2.24, 2.45) is 11.8 Å². The van der Waals surface area contributed by atoms with Gasteiger partial charge in [-0.1, -0.05) is 63.1 Å². The molecule has 2 aromatic carbocycles. The Morgan fingerprint density at radius 3 is 2.65 bits per heavy atom. The first-order valence-corrected chi connectivity index (χ1v) is 7.95. The Bertz CT molecular complexity index is 575. The second-order valence-electron chi connectivity index (χ2n) is 6.44. The van der Waals surface area contributed by atoms with E-state index in [4.69, 9.17) is 0 Å². The van der Waals surface area contributed by atoms with Crippen molar-refractivity contribution in [1.29, 1.82) is 0 Å². The molecule has 1 saturated carbocycles. The Hall–Kier alpha value is -1.34. The van der Waals surface area contributed by atoms with Crippen molar-refractivity contribution in [1.82, 2.24) is 5.32 Å². The molecule has 1 heteroatoms. The van der Waals surface area contributed by atoms with Gasteiger partial charge in [0, 0.05) is 12.6 Å². The summed E-state index contributed by atoms with van der Waals surface area (Å²) in [6.07, 6.45) is 4.11. The van der Waals surface area contributed by atoms with Gasteiger partial charge in [-0.2, -0.15) is 0 Å². The molecule has 0 amide bonds. The molecule has 3 unspecified atom stereocenters. The molecule has 1 aliphatic carbocycles. The molecule has 0 radical (unpaired) electrons. The predicted octanol–water partition coefficient (Wildman–Crippen LogP) is 4.75. The van der Waals surface area contributed by atoms with Gasteiger partial charge in [-0.15, -0.1) is 0 Å². The number of rotatable bonds is 3. The molecule has 1 aliphatic rings. The van der Waals surface area contributed by atoms with Crippen LogP contribution in [0.3, 0.4) is 0 Å². The summed E-state index contributed by atoms with van der Waals surface area (Å²) in [5, 5.41) is 6.46. The molecule has 0 bridgehead atoms. The van der Waals surface area contributed by atoms with Crippen LogP contribution in [0.2, 0.25) is 0 Å². The SMILES string of the molecule is CC1CCCC(NCc2ccc3ccccc3c2)C1C. The van der Waals surface area contributed by atoms with Crippen molar-refractivity contribution in [3.63, 3.8) is 0 Å². The fourth-order valence-electron chi connectivity index (χ4n) is 3.47. The standard InChI is InChI=1S/C19H25N/c1-14-6-5-9-19(15(14)2)20-13-16-10-11-17-7-3-4-8-18(17)12-16/h3-4,7-8,10-12,14-15,19-20H,5-6,9,13H2,1-2H3. The highest BCUT2D eigenvalue weighted by atomic mass is 14.9. The van der Waals surface area contributed by atoms with E-state index in [1.54, 1.807) is 0 Å². The molecule has 1 nitrogen and oxygen atoms in total. The lowest BCUT2D eigenvalue weighted by Gasteiger charge is -2.34. The second kappa shape index (κ2) is 5.97. The van der Waals surface area contributed by atoms with Crippen LogP contribution in [0, 0.1) is 11.8 Å². The maximum absolute atomic E-state index is 3.78. The quantitative estimate of drug-likeness (QED) is 0.846. The van der Waals surface area contributed by atoms with Crippen molar-refractivity contribution >= 4 is 10.8 Å². The summed E-state index contributed by atoms with van der Waals surface area (Å²) in [5.41, 5.74) is 1.40. The summed E-state index contributed by atoms with van der Waals surface area (Å²) in [6.45, 7) is 5.79. The van der Waals surface area contributed by atoms with Gasteiger partial charge in [0.1, 0.15) is 0 Å². The van der Waals surface area contributed by atoms with Crippen LogP contribution < -0.4 is 5.32 Å². The van der Waals surface area contributed by atoms with Gasteiger partial charge in [0.25, 0.3) is 0 Å². The van der Waals surface area contributed by atoms with Crippen LogP contribution in [0.15, 0.2) is 42.5 Å². The molecule has 0 saturated heterocycles. The zero-order valence-electron chi connectivity index (χ0n) is 12.6. The molecule has 106 valence electrons. The summed E-state index contributed by atoms with van der Waals surface area (Å²) in [4.78, 5) is 0. The van der Waals surface area contributed by atoms with Crippen LogP contribution in [-0.4, -0.2) is 6.04 Å². The molecule has 0 spiro atoms. The van der Waals surface area contributed by atoms with Crippen LogP contribution in [0.5, 0.6) is 0 Å². The molecular weight excluding hydrogens is 242 g/mol. The monoisotopic (exact) mass is 267 g/mol. The molecule has 0 heterocycles. The van der Waals surface area contributed by atoms with E-state index in [2.05, 4.69) is 61.6 Å². The zero-order chi connectivity index (χ0) is 13.9. The molecule has 0 aliphatic heterocycles. The Kier molecular flexibility index (Phi) is 4.07. The van der Waals surface area contributed by atoms with Crippen LogP contribution in [0.4, 0.5) is 0 Å². The van der Waals surface area contributed by atoms with Crippen molar-refractivity contribution in [3.8, 4) is 0 Å². The summed E-state index contributed by atoms with van der Waals surface area (Å²) >= 11 is 0. The van der Waals surface area contributed by atoms with E-state index in [1.165, 1.54) is 35.6 Å². The minimum absolute atomic E-state index is 0.685. The summed E-state index contributed by atoms with van der Waals surface area (Å²) < 4.78 is 0. The molecular formula is C19H25N. The third kappa shape index (κ3) is 2.88. The number of fused-ring (bicyclic) bond motifs is 1. The fourth-order valence-corrected chi connectivity index (χ4v) is 3.47. The maximum Gasteiger partial charge on any atom is 0.0208 e. The third-order valence-electron chi connectivity index (χ3n) is 5.09. The van der Waals surface area contributed by atoms with Gasteiger partial charge < -0.3 is 5.32 Å². The number of hydrogen-bond donors (Lipinski definition) is 1. The Balaban J connectivity index is 1.67. The highest BCUT2D eigenvalue weighted by molar-refractivity contribution is 5.82. The predicted molar refractivity (Wildman–Crippen MR) is 86.8 cm³/mol. The largest absolute Gasteiger partial charge is 0.310 e. The zero-order valence-corrected chi connectivity index (χ0v) is 12.6. The van der Waals surface area contributed by atoms with E-state index >= 15 is 0 Å². The number of hydrogen-bond acceptors (Lipinski definition) is 1. The van der Waals surface area contributed by atoms with Gasteiger partial charge in [-0.3, -0.25) is 0 Å². The Morgan fingerprint density at radius 1 is 1.00 bits per heavy atom. The van der Waals surface area contributed by atoms with Gasteiger partial charge in [0.05, 0.1) is 0 Å². The molecule has 20 heavy (non-hydrogen) atoms. The Labute approximate surface area is 122 Å². The van der Waals surface area contributed by atoms with Gasteiger partial charge >= 0.3 is 0 Å². The minimum atomic E-state index is 0.685. The van der Waals surface area contributed by atoms with E-state index in [9.17, 15) is 0 Å². The van der Waals surface area contributed by atoms with E-state index < -0.39 is 0 Å². The van der Waals surface area contributed by atoms with Crippen molar-refractivity contribution < 1.29 is 0 Å². The van der Waals surface area contributed by atoms with Gasteiger partial charge in [0.2, 0.25) is 0 Å². The Morgan fingerprint density at radius 2 is 1.80 bits per heavy atom. The number of nitrogens with one attached hydrogen (secondary N) is 1. The van der Waals surface area contributed by atoms with Crippen molar-refractivity contribution in [3.05, 3.63) is 48.0 Å². The normalized spacial score (nSPS) is 26.8. The van der Waals surface area contributed by atoms with Crippen molar-refractivity contribution in [2.75, 3.05) is 0 Å². The molecule has 2 aromatic rings. The van der Waals surface area contributed by atoms with Crippen LogP contribution >= 0.6 is 0 Å². The first-order chi connectivity index (χ1) is 9.74. The molecule has 1 N–H and O–H groups in total. The number of benzene rings is 2. The molecule has 3 atom stereocenters. The van der Waals surface area contributed by atoms with Crippen LogP contribution in [0.1, 0.15) is 38.7 Å². The summed E-state index contributed by atoms with van der Waals surface area (Å²) in [7, 11) is 0. The van der Waals surface area contributed by atoms with Gasteiger partial charge in [0.15, 0.2) is 0 Å². The van der Waals surface area contributed by atoms with E-state index in [0.717, 1.165) is 18.4 Å². The second-order valence-corrected chi connectivity index (χ2v) is 6.44. The lowest BCUT2D eigenvalue weighted by molar-refractivity contribution is 0.206. The van der Waals surface area contributed by atoms with Gasteiger partial charge in [-0.05, 0) is 40.7 Å². The van der Waals surface area contributed by atoms with E-state index in [0.29, 0.717) is 6.04 Å². The lowest BCUT2D eigenvalue weighted by Crippen LogP contribution is -2.40. The minimum Gasteiger partial charge on any atom is -0.310 e. The van der Waals surface area contributed by atoms with Crippen LogP contribution in [0.25, 0.3) is 10.8 Å². The smallest absolute Gasteiger partial charge is 0.0208 e. The average molecular weight is 267 g/mol. The average Bonchev–Trinajstić information content (AvgIpc) is 2.48. The maximum atomic E-state index is 3.78. The molecule has 1 fully saturated rings. The first kappa shape index (κ1) is 13.6. The summed E-state index contributed by atoms with van der Waals surface area (Å²) in [5.74, 6) is 1.65. The molecule has 0 aromatic heterocycles. The van der Waals surface area contributed by atoms with Gasteiger partial charge in [-0.25, -0.2) is 0 Å².